The number of rotatable bonds is 6. The second-order valence-corrected chi connectivity index (χ2v) is 4.44. The zero-order chi connectivity index (χ0) is 12.7. The van der Waals surface area contributed by atoms with Gasteiger partial charge in [-0.2, -0.15) is 5.26 Å². The first-order valence-corrected chi connectivity index (χ1v) is 5.88. The first-order chi connectivity index (χ1) is 7.45. The van der Waals surface area contributed by atoms with Gasteiger partial charge in [-0.25, -0.2) is 0 Å². The van der Waals surface area contributed by atoms with E-state index in [1.54, 1.807) is 4.90 Å². The van der Waals surface area contributed by atoms with Crippen LogP contribution in [0.5, 0.6) is 0 Å². The third kappa shape index (κ3) is 4.19. The summed E-state index contributed by atoms with van der Waals surface area (Å²) in [7, 11) is 0. The SMILES string of the molecule is CCC(C)[C@H](N)C(=O)N(CCC#N)C(C)C. The molecule has 1 amide bonds. The summed E-state index contributed by atoms with van der Waals surface area (Å²) in [6.45, 7) is 8.35. The Labute approximate surface area is 98.4 Å². The molecule has 0 aromatic carbocycles. The first-order valence-electron chi connectivity index (χ1n) is 5.88. The van der Waals surface area contributed by atoms with Gasteiger partial charge in [0.2, 0.25) is 5.91 Å². The molecule has 0 radical (unpaired) electrons. The van der Waals surface area contributed by atoms with E-state index in [1.165, 1.54) is 0 Å². The molecule has 0 bridgehead atoms. The van der Waals surface area contributed by atoms with E-state index >= 15 is 0 Å². The minimum absolute atomic E-state index is 0.0420. The molecule has 0 aromatic heterocycles. The number of nitrogens with zero attached hydrogens (tertiary/aromatic N) is 2. The van der Waals surface area contributed by atoms with E-state index in [2.05, 4.69) is 6.07 Å². The Morgan fingerprint density at radius 1 is 1.44 bits per heavy atom. The van der Waals surface area contributed by atoms with Gasteiger partial charge in [-0.3, -0.25) is 4.79 Å². The van der Waals surface area contributed by atoms with E-state index in [9.17, 15) is 4.79 Å². The lowest BCUT2D eigenvalue weighted by molar-refractivity contribution is -0.135. The molecule has 0 saturated heterocycles. The van der Waals surface area contributed by atoms with Crippen molar-refractivity contribution < 1.29 is 4.79 Å². The fourth-order valence-corrected chi connectivity index (χ4v) is 1.48. The van der Waals surface area contributed by atoms with Crippen LogP contribution >= 0.6 is 0 Å². The van der Waals surface area contributed by atoms with E-state index < -0.39 is 6.04 Å². The Bertz CT molecular complexity index is 257. The molecule has 0 aliphatic heterocycles. The van der Waals surface area contributed by atoms with Gasteiger partial charge in [-0.15, -0.1) is 0 Å². The van der Waals surface area contributed by atoms with Crippen LogP contribution in [-0.2, 0) is 4.79 Å². The Hall–Kier alpha value is -1.08. The molecule has 0 saturated carbocycles. The lowest BCUT2D eigenvalue weighted by Crippen LogP contribution is -2.49. The van der Waals surface area contributed by atoms with Gasteiger partial charge in [0.1, 0.15) is 0 Å². The molecule has 4 nitrogen and oxygen atoms in total. The summed E-state index contributed by atoms with van der Waals surface area (Å²) in [5.41, 5.74) is 5.91. The maximum Gasteiger partial charge on any atom is 0.240 e. The van der Waals surface area contributed by atoms with Crippen molar-refractivity contribution in [1.82, 2.24) is 4.90 Å². The third-order valence-electron chi connectivity index (χ3n) is 2.91. The highest BCUT2D eigenvalue weighted by Crippen LogP contribution is 2.11. The molecule has 0 aliphatic carbocycles. The number of amides is 1. The van der Waals surface area contributed by atoms with Crippen LogP contribution in [0.3, 0.4) is 0 Å². The van der Waals surface area contributed by atoms with Crippen molar-refractivity contribution in [1.29, 1.82) is 5.26 Å². The minimum atomic E-state index is -0.453. The highest BCUT2D eigenvalue weighted by atomic mass is 16.2. The van der Waals surface area contributed by atoms with Crippen molar-refractivity contribution >= 4 is 5.91 Å². The number of nitrogens with two attached hydrogens (primary N) is 1. The zero-order valence-corrected chi connectivity index (χ0v) is 10.7. The van der Waals surface area contributed by atoms with E-state index in [0.29, 0.717) is 13.0 Å². The lowest BCUT2D eigenvalue weighted by atomic mass is 9.98. The van der Waals surface area contributed by atoms with E-state index in [1.807, 2.05) is 27.7 Å². The van der Waals surface area contributed by atoms with Crippen molar-refractivity contribution in [3.63, 3.8) is 0 Å². The summed E-state index contributed by atoms with van der Waals surface area (Å²) in [5.74, 6) is 0.135. The van der Waals surface area contributed by atoms with Crippen molar-refractivity contribution in [2.45, 2.75) is 52.6 Å². The summed E-state index contributed by atoms with van der Waals surface area (Å²) in [5, 5.41) is 8.55. The average molecular weight is 225 g/mol. The van der Waals surface area contributed by atoms with Crippen LogP contribution < -0.4 is 5.73 Å². The summed E-state index contributed by atoms with van der Waals surface area (Å²) in [6.07, 6.45) is 1.24. The standard InChI is InChI=1S/C12H23N3O/c1-5-10(4)11(14)12(16)15(9(2)3)8-6-7-13/h9-11H,5-6,8,14H2,1-4H3/t10?,11-/m0/s1. The molecule has 1 unspecified atom stereocenters. The molecule has 0 aromatic rings. The largest absolute Gasteiger partial charge is 0.338 e. The molecule has 0 aliphatic rings. The normalized spacial score (nSPS) is 14.3. The molecule has 0 fully saturated rings. The van der Waals surface area contributed by atoms with Crippen molar-refractivity contribution in [3.8, 4) is 6.07 Å². The molecule has 4 heteroatoms. The first kappa shape index (κ1) is 14.9. The van der Waals surface area contributed by atoms with E-state index in [-0.39, 0.29) is 17.9 Å². The van der Waals surface area contributed by atoms with Crippen molar-refractivity contribution in [2.75, 3.05) is 6.54 Å². The van der Waals surface area contributed by atoms with Gasteiger partial charge in [0, 0.05) is 12.6 Å². The topological polar surface area (TPSA) is 70.1 Å². The molecule has 0 rings (SSSR count). The number of nitriles is 1. The second-order valence-electron chi connectivity index (χ2n) is 4.44. The number of hydrogen-bond acceptors (Lipinski definition) is 3. The highest BCUT2D eigenvalue weighted by Gasteiger charge is 2.26. The molecule has 92 valence electrons. The van der Waals surface area contributed by atoms with Gasteiger partial charge in [0.15, 0.2) is 0 Å². The van der Waals surface area contributed by atoms with E-state index in [0.717, 1.165) is 6.42 Å². The fourth-order valence-electron chi connectivity index (χ4n) is 1.48. The van der Waals surface area contributed by atoms with Crippen LogP contribution in [0.4, 0.5) is 0 Å². The Morgan fingerprint density at radius 3 is 2.38 bits per heavy atom. The van der Waals surface area contributed by atoms with Gasteiger partial charge < -0.3 is 10.6 Å². The number of hydrogen-bond donors (Lipinski definition) is 1. The van der Waals surface area contributed by atoms with Crippen molar-refractivity contribution in [2.24, 2.45) is 11.7 Å². The smallest absolute Gasteiger partial charge is 0.240 e. The molecule has 2 N–H and O–H groups in total. The van der Waals surface area contributed by atoms with Gasteiger partial charge >= 0.3 is 0 Å². The predicted octanol–water partition coefficient (Wildman–Crippen LogP) is 1.51. The summed E-state index contributed by atoms with van der Waals surface area (Å²) < 4.78 is 0. The predicted molar refractivity (Wildman–Crippen MR) is 64.5 cm³/mol. The van der Waals surface area contributed by atoms with Gasteiger partial charge in [-0.1, -0.05) is 20.3 Å². The van der Waals surface area contributed by atoms with Crippen LogP contribution in [0, 0.1) is 17.2 Å². The molecule has 0 heterocycles. The maximum atomic E-state index is 12.1. The van der Waals surface area contributed by atoms with Crippen LogP contribution in [0.15, 0.2) is 0 Å². The quantitative estimate of drug-likeness (QED) is 0.745. The zero-order valence-electron chi connectivity index (χ0n) is 10.7. The van der Waals surface area contributed by atoms with Crippen LogP contribution in [0.1, 0.15) is 40.5 Å². The summed E-state index contributed by atoms with van der Waals surface area (Å²) >= 11 is 0. The second kappa shape index (κ2) is 7.24. The van der Waals surface area contributed by atoms with Crippen LogP contribution in [-0.4, -0.2) is 29.4 Å². The average Bonchev–Trinajstić information content (AvgIpc) is 2.26. The van der Waals surface area contributed by atoms with Crippen molar-refractivity contribution in [3.05, 3.63) is 0 Å². The van der Waals surface area contributed by atoms with Gasteiger partial charge in [-0.05, 0) is 19.8 Å². The fraction of sp³-hybridized carbons (Fsp3) is 0.833. The Morgan fingerprint density at radius 2 is 2.00 bits per heavy atom. The Balaban J connectivity index is 4.55. The molecular formula is C12H23N3O. The monoisotopic (exact) mass is 225 g/mol. The molecular weight excluding hydrogens is 202 g/mol. The van der Waals surface area contributed by atoms with Gasteiger partial charge in [0.25, 0.3) is 0 Å². The highest BCUT2D eigenvalue weighted by molar-refractivity contribution is 5.82. The third-order valence-corrected chi connectivity index (χ3v) is 2.91. The number of carbonyl (C=O) groups is 1. The molecule has 2 atom stereocenters. The molecule has 0 spiro atoms. The Kier molecular flexibility index (Phi) is 6.75. The van der Waals surface area contributed by atoms with E-state index in [4.69, 9.17) is 11.0 Å². The minimum Gasteiger partial charge on any atom is -0.338 e. The lowest BCUT2D eigenvalue weighted by Gasteiger charge is -2.30. The van der Waals surface area contributed by atoms with Gasteiger partial charge in [0.05, 0.1) is 18.5 Å². The summed E-state index contributed by atoms with van der Waals surface area (Å²) in [6, 6.07) is 1.70. The number of carbonyl (C=O) groups excluding carboxylic acids is 1. The van der Waals surface area contributed by atoms with Crippen LogP contribution in [0.25, 0.3) is 0 Å². The van der Waals surface area contributed by atoms with Crippen LogP contribution in [0.2, 0.25) is 0 Å². The summed E-state index contributed by atoms with van der Waals surface area (Å²) in [4.78, 5) is 13.8. The molecule has 16 heavy (non-hydrogen) atoms. The maximum absolute atomic E-state index is 12.1.